The molecule has 4 rings (SSSR count). The van der Waals surface area contributed by atoms with Gasteiger partial charge in [0.25, 0.3) is 5.91 Å². The Bertz CT molecular complexity index is 1220. The van der Waals surface area contributed by atoms with E-state index in [1.54, 1.807) is 19.1 Å². The fraction of sp³-hybridized carbons (Fsp3) is 0.440. The van der Waals surface area contributed by atoms with Crippen LogP contribution in [0.3, 0.4) is 0 Å². The van der Waals surface area contributed by atoms with E-state index in [1.165, 1.54) is 11.3 Å². The number of anilines is 1. The van der Waals surface area contributed by atoms with Crippen molar-refractivity contribution in [2.45, 2.75) is 59.0 Å². The Morgan fingerprint density at radius 3 is 2.64 bits per heavy atom. The maximum Gasteiger partial charge on any atom is 0.341 e. The highest BCUT2D eigenvalue weighted by Gasteiger charge is 2.42. The number of esters is 1. The van der Waals surface area contributed by atoms with Crippen LogP contribution in [0.1, 0.15) is 72.9 Å². The topological polar surface area (TPSA) is 89.8 Å². The van der Waals surface area contributed by atoms with Crippen molar-refractivity contribution in [3.05, 3.63) is 46.0 Å². The third kappa shape index (κ3) is 4.37. The first kappa shape index (κ1) is 23.3. The first-order valence-corrected chi connectivity index (χ1v) is 12.0. The Balaban J connectivity index is 1.74. The molecular formula is C25H30N2O5S. The average molecular weight is 471 g/mol. The van der Waals surface area contributed by atoms with E-state index in [4.69, 9.17) is 13.9 Å². The van der Waals surface area contributed by atoms with Gasteiger partial charge < -0.3 is 24.5 Å². The van der Waals surface area contributed by atoms with Crippen molar-refractivity contribution in [3.63, 3.8) is 0 Å². The largest absolute Gasteiger partial charge is 0.490 e. The molecule has 0 bridgehead atoms. The van der Waals surface area contributed by atoms with Crippen molar-refractivity contribution in [1.29, 1.82) is 0 Å². The van der Waals surface area contributed by atoms with Gasteiger partial charge in [0.05, 0.1) is 18.8 Å². The highest BCUT2D eigenvalue weighted by Crippen LogP contribution is 2.45. The molecule has 7 nitrogen and oxygen atoms in total. The lowest BCUT2D eigenvalue weighted by atomic mass is 9.81. The van der Waals surface area contributed by atoms with Crippen LogP contribution in [-0.2, 0) is 16.7 Å². The number of furan rings is 1. The third-order valence-electron chi connectivity index (χ3n) is 5.58. The minimum Gasteiger partial charge on any atom is -0.490 e. The molecule has 1 aliphatic heterocycles. The van der Waals surface area contributed by atoms with Crippen LogP contribution in [0.5, 0.6) is 5.75 Å². The second-order valence-electron chi connectivity index (χ2n) is 9.32. The first-order valence-electron chi connectivity index (χ1n) is 11.2. The molecule has 3 aromatic rings. The number of nitrogens with one attached hydrogen (secondary N) is 2. The van der Waals surface area contributed by atoms with Crippen molar-refractivity contribution < 1.29 is 23.5 Å². The monoisotopic (exact) mass is 470 g/mol. The molecule has 0 unspecified atom stereocenters. The summed E-state index contributed by atoms with van der Waals surface area (Å²) in [6, 6.07) is 7.20. The van der Waals surface area contributed by atoms with Crippen molar-refractivity contribution >= 4 is 39.2 Å². The Kier molecular flexibility index (Phi) is 6.01. The van der Waals surface area contributed by atoms with Crippen LogP contribution in [0.15, 0.2) is 28.7 Å². The number of amides is 1. The normalized spacial score (nSPS) is 16.3. The summed E-state index contributed by atoms with van der Waals surface area (Å²) in [4.78, 5) is 27.2. The van der Waals surface area contributed by atoms with Gasteiger partial charge in [0, 0.05) is 21.3 Å². The van der Waals surface area contributed by atoms with Gasteiger partial charge in [-0.05, 0) is 65.7 Å². The predicted octanol–water partition coefficient (Wildman–Crippen LogP) is 5.48. The van der Waals surface area contributed by atoms with Gasteiger partial charge in [0.2, 0.25) is 0 Å². The van der Waals surface area contributed by atoms with Gasteiger partial charge in [0.15, 0.2) is 17.1 Å². The number of carbonyl (C=O) groups excluding carboxylic acids is 2. The van der Waals surface area contributed by atoms with E-state index in [2.05, 4.69) is 38.3 Å². The van der Waals surface area contributed by atoms with E-state index in [-0.39, 0.29) is 23.4 Å². The molecule has 0 atom stereocenters. The second-order valence-corrected chi connectivity index (χ2v) is 10.3. The van der Waals surface area contributed by atoms with Gasteiger partial charge in [-0.2, -0.15) is 0 Å². The summed E-state index contributed by atoms with van der Waals surface area (Å²) in [5.41, 5.74) is 1.30. The molecule has 0 saturated carbocycles. The van der Waals surface area contributed by atoms with Crippen molar-refractivity contribution in [2.75, 3.05) is 18.5 Å². The van der Waals surface area contributed by atoms with Crippen molar-refractivity contribution in [2.24, 2.45) is 0 Å². The maximum absolute atomic E-state index is 13.2. The number of para-hydroxylation sites is 1. The Morgan fingerprint density at radius 2 is 1.94 bits per heavy atom. The van der Waals surface area contributed by atoms with Crippen LogP contribution < -0.4 is 15.4 Å². The van der Waals surface area contributed by atoms with E-state index in [0.717, 1.165) is 15.8 Å². The molecule has 0 radical (unpaired) electrons. The van der Waals surface area contributed by atoms with Gasteiger partial charge in [-0.1, -0.05) is 12.1 Å². The zero-order valence-electron chi connectivity index (χ0n) is 19.9. The minimum absolute atomic E-state index is 0.149. The smallest absolute Gasteiger partial charge is 0.341 e. The number of thiophene rings is 1. The van der Waals surface area contributed by atoms with Crippen LogP contribution in [-0.4, -0.2) is 30.6 Å². The highest BCUT2D eigenvalue weighted by atomic mass is 32.1. The highest BCUT2D eigenvalue weighted by molar-refractivity contribution is 7.17. The number of rotatable bonds is 6. The fourth-order valence-electron chi connectivity index (χ4n) is 4.62. The van der Waals surface area contributed by atoms with Crippen molar-refractivity contribution in [1.82, 2.24) is 5.32 Å². The lowest BCUT2D eigenvalue weighted by Gasteiger charge is -2.42. The summed E-state index contributed by atoms with van der Waals surface area (Å²) in [6.07, 6.45) is 0.647. The molecule has 176 valence electrons. The van der Waals surface area contributed by atoms with Gasteiger partial charge in [-0.3, -0.25) is 4.79 Å². The first-order chi connectivity index (χ1) is 15.6. The maximum atomic E-state index is 13.2. The number of benzene rings is 1. The quantitative estimate of drug-likeness (QED) is 0.464. The van der Waals surface area contributed by atoms with E-state index in [9.17, 15) is 9.59 Å². The van der Waals surface area contributed by atoms with Gasteiger partial charge in [-0.15, -0.1) is 11.3 Å². The van der Waals surface area contributed by atoms with E-state index >= 15 is 0 Å². The van der Waals surface area contributed by atoms with Gasteiger partial charge in [-0.25, -0.2) is 4.79 Å². The summed E-state index contributed by atoms with van der Waals surface area (Å²) < 4.78 is 16.8. The SMILES string of the molecule is CCOC(=O)c1c(NC(=O)c2cc3cccc(OCC)c3o2)sc2c1CC(C)(C)NC2(C)C. The molecule has 0 fully saturated rings. The molecule has 3 heterocycles. The fourth-order valence-corrected chi connectivity index (χ4v) is 5.88. The molecule has 2 N–H and O–H groups in total. The van der Waals surface area contributed by atoms with Gasteiger partial charge in [0.1, 0.15) is 5.00 Å². The summed E-state index contributed by atoms with van der Waals surface area (Å²) in [5.74, 6) is -0.121. The van der Waals surface area contributed by atoms with E-state index < -0.39 is 11.9 Å². The molecule has 33 heavy (non-hydrogen) atoms. The van der Waals surface area contributed by atoms with E-state index in [1.807, 2.05) is 19.1 Å². The number of hydrogen-bond acceptors (Lipinski definition) is 7. The zero-order valence-corrected chi connectivity index (χ0v) is 20.7. The molecule has 1 amide bonds. The average Bonchev–Trinajstić information content (AvgIpc) is 3.30. The number of fused-ring (bicyclic) bond motifs is 2. The Hall–Kier alpha value is -2.84. The van der Waals surface area contributed by atoms with Crippen molar-refractivity contribution in [3.8, 4) is 5.75 Å². The summed E-state index contributed by atoms with van der Waals surface area (Å²) in [7, 11) is 0. The zero-order chi connectivity index (χ0) is 24.0. The molecule has 1 aliphatic rings. The number of ether oxygens (including phenoxy) is 2. The molecule has 8 heteroatoms. The predicted molar refractivity (Wildman–Crippen MR) is 130 cm³/mol. The van der Waals surface area contributed by atoms with E-state index in [0.29, 0.717) is 34.9 Å². The van der Waals surface area contributed by atoms with Crippen LogP contribution >= 0.6 is 11.3 Å². The lowest BCUT2D eigenvalue weighted by molar-refractivity contribution is 0.0525. The van der Waals surface area contributed by atoms with Crippen LogP contribution in [0.25, 0.3) is 11.0 Å². The third-order valence-corrected chi connectivity index (χ3v) is 7.05. The minimum atomic E-state index is -0.429. The molecular weight excluding hydrogens is 440 g/mol. The van der Waals surface area contributed by atoms with Crippen LogP contribution in [0, 0.1) is 0 Å². The van der Waals surface area contributed by atoms with Crippen LogP contribution in [0.4, 0.5) is 5.00 Å². The summed E-state index contributed by atoms with van der Waals surface area (Å²) >= 11 is 1.40. The molecule has 0 saturated heterocycles. The Morgan fingerprint density at radius 1 is 1.18 bits per heavy atom. The molecule has 2 aromatic heterocycles. The number of hydrogen-bond donors (Lipinski definition) is 2. The molecule has 0 aliphatic carbocycles. The lowest BCUT2D eigenvalue weighted by Crippen LogP contribution is -2.55. The molecule has 0 spiro atoms. The summed E-state index contributed by atoms with van der Waals surface area (Å²) in [6.45, 7) is 12.8. The second kappa shape index (κ2) is 8.50. The molecule has 1 aromatic carbocycles. The van der Waals surface area contributed by atoms with Gasteiger partial charge >= 0.3 is 5.97 Å². The van der Waals surface area contributed by atoms with Crippen LogP contribution in [0.2, 0.25) is 0 Å². The standard InChI is InChI=1S/C25H30N2O5S/c1-7-30-16-11-9-10-14-12-17(32-19(14)16)21(28)26-22-18(23(29)31-8-2)15-13-24(3,4)27-25(5,6)20(15)33-22/h9-12,27H,7-8,13H2,1-6H3,(H,26,28). The summed E-state index contributed by atoms with van der Waals surface area (Å²) in [5, 5.41) is 7.80. The number of carbonyl (C=O) groups is 2. The Labute approximate surface area is 197 Å².